The van der Waals surface area contributed by atoms with Crippen molar-refractivity contribution in [3.05, 3.63) is 66.3 Å². The summed E-state index contributed by atoms with van der Waals surface area (Å²) in [5.41, 5.74) is 2.70. The van der Waals surface area contributed by atoms with Crippen molar-refractivity contribution in [3.63, 3.8) is 0 Å². The summed E-state index contributed by atoms with van der Waals surface area (Å²) in [6.45, 7) is 2.99. The van der Waals surface area contributed by atoms with E-state index in [-0.39, 0.29) is 23.6 Å². The molecule has 0 N–H and O–H groups in total. The SMILES string of the molecule is CN1CCN(c2nccc(C(=O)Cc3ncc4ccc(-c5cnn(C)c5)cc4n3)c2F)CC1. The van der Waals surface area contributed by atoms with E-state index < -0.39 is 5.82 Å². The molecular weight excluding hydrogens is 421 g/mol. The number of aryl methyl sites for hydroxylation is 1. The number of rotatable bonds is 5. The van der Waals surface area contributed by atoms with E-state index in [2.05, 4.69) is 25.0 Å². The van der Waals surface area contributed by atoms with Crippen molar-refractivity contribution >= 4 is 22.5 Å². The molecule has 1 aromatic carbocycles. The van der Waals surface area contributed by atoms with Crippen LogP contribution in [0.1, 0.15) is 16.2 Å². The van der Waals surface area contributed by atoms with Crippen LogP contribution in [0.15, 0.2) is 49.1 Å². The molecule has 33 heavy (non-hydrogen) atoms. The molecule has 0 unspecified atom stereocenters. The lowest BCUT2D eigenvalue weighted by Gasteiger charge is -2.33. The summed E-state index contributed by atoms with van der Waals surface area (Å²) in [5, 5.41) is 5.08. The van der Waals surface area contributed by atoms with Crippen LogP contribution in [0.2, 0.25) is 0 Å². The highest BCUT2D eigenvalue weighted by Crippen LogP contribution is 2.24. The minimum absolute atomic E-state index is 0.0201. The molecule has 8 nitrogen and oxygen atoms in total. The predicted octanol–water partition coefficient (Wildman–Crippen LogP) is 2.74. The number of nitrogens with zero attached hydrogens (tertiary/aromatic N) is 7. The first-order valence-electron chi connectivity index (χ1n) is 10.8. The molecule has 0 saturated carbocycles. The Bertz CT molecular complexity index is 1330. The zero-order valence-electron chi connectivity index (χ0n) is 18.6. The van der Waals surface area contributed by atoms with Crippen LogP contribution in [-0.4, -0.2) is 68.6 Å². The number of hydrogen-bond acceptors (Lipinski definition) is 7. The number of hydrogen-bond donors (Lipinski definition) is 0. The fraction of sp³-hybridized carbons (Fsp3) is 0.292. The molecule has 4 heterocycles. The fourth-order valence-corrected chi connectivity index (χ4v) is 4.02. The monoisotopic (exact) mass is 445 g/mol. The Labute approximate surface area is 190 Å². The molecule has 5 rings (SSSR count). The number of aromatic nitrogens is 5. The second-order valence-corrected chi connectivity index (χ2v) is 8.35. The van der Waals surface area contributed by atoms with E-state index in [0.29, 0.717) is 18.9 Å². The van der Waals surface area contributed by atoms with Crippen LogP contribution in [0, 0.1) is 5.82 Å². The number of piperazine rings is 1. The number of benzene rings is 1. The summed E-state index contributed by atoms with van der Waals surface area (Å²) in [5.74, 6) is -0.359. The molecule has 4 aromatic rings. The summed E-state index contributed by atoms with van der Waals surface area (Å²) in [4.78, 5) is 30.1. The van der Waals surface area contributed by atoms with Gasteiger partial charge in [0.05, 0.1) is 23.7 Å². The molecule has 3 aromatic heterocycles. The lowest BCUT2D eigenvalue weighted by Crippen LogP contribution is -2.45. The van der Waals surface area contributed by atoms with Crippen LogP contribution >= 0.6 is 0 Å². The molecule has 1 aliphatic rings. The van der Waals surface area contributed by atoms with E-state index in [9.17, 15) is 4.79 Å². The van der Waals surface area contributed by atoms with Crippen molar-refractivity contribution in [1.29, 1.82) is 0 Å². The molecule has 0 aliphatic carbocycles. The van der Waals surface area contributed by atoms with Crippen molar-refractivity contribution in [1.82, 2.24) is 29.6 Å². The number of likely N-dealkylation sites (N-methyl/N-ethyl adjacent to an activating group) is 1. The Morgan fingerprint density at radius 1 is 1.03 bits per heavy atom. The van der Waals surface area contributed by atoms with Crippen LogP contribution in [0.5, 0.6) is 0 Å². The highest BCUT2D eigenvalue weighted by Gasteiger charge is 2.23. The number of anilines is 1. The van der Waals surface area contributed by atoms with E-state index in [0.717, 1.165) is 35.1 Å². The van der Waals surface area contributed by atoms with Gasteiger partial charge in [-0.25, -0.2) is 19.3 Å². The number of carbonyl (C=O) groups is 1. The normalized spacial score (nSPS) is 14.7. The fourth-order valence-electron chi connectivity index (χ4n) is 4.02. The summed E-state index contributed by atoms with van der Waals surface area (Å²) >= 11 is 0. The highest BCUT2D eigenvalue weighted by atomic mass is 19.1. The first kappa shape index (κ1) is 21.1. The summed E-state index contributed by atoms with van der Waals surface area (Å²) in [7, 11) is 3.90. The van der Waals surface area contributed by atoms with Crippen LogP contribution in [0.4, 0.5) is 10.2 Å². The average Bonchev–Trinajstić information content (AvgIpc) is 3.25. The Balaban J connectivity index is 1.39. The third kappa shape index (κ3) is 4.31. The Morgan fingerprint density at radius 2 is 1.85 bits per heavy atom. The molecular formula is C24H24FN7O. The van der Waals surface area contributed by atoms with Gasteiger partial charge in [0.2, 0.25) is 0 Å². The third-order valence-corrected chi connectivity index (χ3v) is 5.96. The maximum absolute atomic E-state index is 15.2. The second kappa shape index (κ2) is 8.67. The first-order valence-corrected chi connectivity index (χ1v) is 10.8. The molecule has 168 valence electrons. The average molecular weight is 446 g/mol. The standard InChI is InChI=1S/C24H24FN7O/c1-30-7-9-32(10-8-30)24-23(25)19(5-6-26-24)21(33)12-22-27-13-17-4-3-16(11-20(17)29-22)18-14-28-31(2)15-18/h3-6,11,13-15H,7-10,12H2,1-2H3. The Kier molecular flexibility index (Phi) is 5.55. The van der Waals surface area contributed by atoms with Crippen molar-refractivity contribution < 1.29 is 9.18 Å². The number of carbonyl (C=O) groups excluding carboxylic acids is 1. The first-order chi connectivity index (χ1) is 16.0. The zero-order valence-corrected chi connectivity index (χ0v) is 18.6. The van der Waals surface area contributed by atoms with E-state index >= 15 is 4.39 Å². The number of halogens is 1. The van der Waals surface area contributed by atoms with Gasteiger partial charge in [-0.15, -0.1) is 0 Å². The predicted molar refractivity (Wildman–Crippen MR) is 124 cm³/mol. The van der Waals surface area contributed by atoms with Gasteiger partial charge in [-0.05, 0) is 24.7 Å². The minimum Gasteiger partial charge on any atom is -0.352 e. The maximum atomic E-state index is 15.2. The van der Waals surface area contributed by atoms with Gasteiger partial charge in [-0.3, -0.25) is 9.48 Å². The van der Waals surface area contributed by atoms with Gasteiger partial charge in [0.15, 0.2) is 17.4 Å². The van der Waals surface area contributed by atoms with Gasteiger partial charge >= 0.3 is 0 Å². The van der Waals surface area contributed by atoms with Crippen LogP contribution < -0.4 is 4.90 Å². The maximum Gasteiger partial charge on any atom is 0.176 e. The molecule has 0 atom stereocenters. The zero-order chi connectivity index (χ0) is 22.9. The Hall–Kier alpha value is -3.72. The molecule has 1 fully saturated rings. The van der Waals surface area contributed by atoms with E-state index in [4.69, 9.17) is 0 Å². The minimum atomic E-state index is -0.577. The van der Waals surface area contributed by atoms with Crippen molar-refractivity contribution in [2.24, 2.45) is 7.05 Å². The summed E-state index contributed by atoms with van der Waals surface area (Å²) in [6.07, 6.45) is 6.81. The van der Waals surface area contributed by atoms with E-state index in [1.807, 2.05) is 43.4 Å². The number of pyridine rings is 1. The van der Waals surface area contributed by atoms with Crippen LogP contribution in [0.25, 0.3) is 22.0 Å². The molecule has 0 amide bonds. The summed E-state index contributed by atoms with van der Waals surface area (Å²) < 4.78 is 17.0. The van der Waals surface area contributed by atoms with Crippen molar-refractivity contribution in [2.75, 3.05) is 38.1 Å². The molecule has 1 saturated heterocycles. The quantitative estimate of drug-likeness (QED) is 0.437. The summed E-state index contributed by atoms with van der Waals surface area (Å²) in [6, 6.07) is 7.30. The molecule has 0 radical (unpaired) electrons. The van der Waals surface area contributed by atoms with Gasteiger partial charge in [0.1, 0.15) is 5.82 Å². The largest absolute Gasteiger partial charge is 0.352 e. The number of Topliss-reactive ketones (excluding diaryl/α,β-unsaturated/α-hetero) is 1. The number of ketones is 1. The smallest absolute Gasteiger partial charge is 0.176 e. The molecule has 1 aliphatic heterocycles. The molecule has 0 bridgehead atoms. The van der Waals surface area contributed by atoms with E-state index in [1.165, 1.54) is 12.3 Å². The van der Waals surface area contributed by atoms with Crippen LogP contribution in [0.3, 0.4) is 0 Å². The lowest BCUT2D eigenvalue weighted by atomic mass is 10.1. The van der Waals surface area contributed by atoms with Gasteiger partial charge in [0, 0.05) is 62.8 Å². The van der Waals surface area contributed by atoms with E-state index in [1.54, 1.807) is 17.1 Å². The van der Waals surface area contributed by atoms with Crippen molar-refractivity contribution in [2.45, 2.75) is 6.42 Å². The Morgan fingerprint density at radius 3 is 2.61 bits per heavy atom. The van der Waals surface area contributed by atoms with Gasteiger partial charge in [-0.2, -0.15) is 5.10 Å². The van der Waals surface area contributed by atoms with Gasteiger partial charge in [0.25, 0.3) is 0 Å². The number of fused-ring (bicyclic) bond motifs is 1. The van der Waals surface area contributed by atoms with Crippen molar-refractivity contribution in [3.8, 4) is 11.1 Å². The highest BCUT2D eigenvalue weighted by molar-refractivity contribution is 5.98. The van der Waals surface area contributed by atoms with Gasteiger partial charge in [-0.1, -0.05) is 12.1 Å². The molecule has 9 heteroatoms. The lowest BCUT2D eigenvalue weighted by molar-refractivity contribution is 0.0987. The molecule has 0 spiro atoms. The third-order valence-electron chi connectivity index (χ3n) is 5.96. The van der Waals surface area contributed by atoms with Crippen LogP contribution in [-0.2, 0) is 13.5 Å². The second-order valence-electron chi connectivity index (χ2n) is 8.35. The topological polar surface area (TPSA) is 80.0 Å². The van der Waals surface area contributed by atoms with Gasteiger partial charge < -0.3 is 9.80 Å².